The summed E-state index contributed by atoms with van der Waals surface area (Å²) >= 11 is 0. The summed E-state index contributed by atoms with van der Waals surface area (Å²) in [7, 11) is 1.44. The van der Waals surface area contributed by atoms with Gasteiger partial charge in [0, 0.05) is 11.6 Å². The summed E-state index contributed by atoms with van der Waals surface area (Å²) < 4.78 is 18.6. The van der Waals surface area contributed by atoms with Gasteiger partial charge in [0.2, 0.25) is 0 Å². The first-order valence-corrected chi connectivity index (χ1v) is 4.53. The smallest absolute Gasteiger partial charge is 0.169 e. The van der Waals surface area contributed by atoms with Crippen molar-refractivity contribution in [1.82, 2.24) is 5.43 Å². The minimum Gasteiger partial charge on any atom is -0.494 e. The van der Waals surface area contributed by atoms with Gasteiger partial charge in [-0.25, -0.2) is 4.39 Å². The van der Waals surface area contributed by atoms with E-state index in [1.54, 1.807) is 18.2 Å². The number of nitrogens with two attached hydrogens (primary N) is 1. The van der Waals surface area contributed by atoms with Gasteiger partial charge in [-0.05, 0) is 12.5 Å². The number of hydrazine groups is 1. The third-order valence-electron chi connectivity index (χ3n) is 2.20. The first-order chi connectivity index (χ1) is 6.74. The first-order valence-electron chi connectivity index (χ1n) is 4.53. The predicted octanol–water partition coefficient (Wildman–Crippen LogP) is 1.75. The molecule has 0 aliphatic heterocycles. The molecule has 1 rings (SSSR count). The average molecular weight is 198 g/mol. The van der Waals surface area contributed by atoms with E-state index in [0.717, 1.165) is 6.42 Å². The van der Waals surface area contributed by atoms with Crippen LogP contribution in [0.15, 0.2) is 18.2 Å². The summed E-state index contributed by atoms with van der Waals surface area (Å²) in [6, 6.07) is 4.86. The van der Waals surface area contributed by atoms with E-state index in [0.29, 0.717) is 5.56 Å². The van der Waals surface area contributed by atoms with Gasteiger partial charge < -0.3 is 4.74 Å². The van der Waals surface area contributed by atoms with Crippen molar-refractivity contribution in [3.05, 3.63) is 29.6 Å². The molecule has 14 heavy (non-hydrogen) atoms. The van der Waals surface area contributed by atoms with Gasteiger partial charge in [0.1, 0.15) is 0 Å². The van der Waals surface area contributed by atoms with Crippen LogP contribution in [0.25, 0.3) is 0 Å². The third-order valence-corrected chi connectivity index (χ3v) is 2.20. The zero-order chi connectivity index (χ0) is 10.6. The van der Waals surface area contributed by atoms with Gasteiger partial charge in [-0.15, -0.1) is 0 Å². The van der Waals surface area contributed by atoms with Crippen molar-refractivity contribution >= 4 is 0 Å². The summed E-state index contributed by atoms with van der Waals surface area (Å²) in [5.74, 6) is 5.22. The summed E-state index contributed by atoms with van der Waals surface area (Å²) in [6.45, 7) is 1.93. The zero-order valence-electron chi connectivity index (χ0n) is 8.38. The average Bonchev–Trinajstić information content (AvgIpc) is 2.22. The van der Waals surface area contributed by atoms with Crippen LogP contribution >= 0.6 is 0 Å². The topological polar surface area (TPSA) is 47.3 Å². The zero-order valence-corrected chi connectivity index (χ0v) is 8.38. The number of hydrogen-bond acceptors (Lipinski definition) is 3. The molecule has 1 aromatic rings. The van der Waals surface area contributed by atoms with Crippen molar-refractivity contribution in [2.24, 2.45) is 5.84 Å². The number of benzene rings is 1. The minimum absolute atomic E-state index is 0.176. The Hall–Kier alpha value is -1.13. The van der Waals surface area contributed by atoms with Crippen LogP contribution < -0.4 is 16.0 Å². The second-order valence-corrected chi connectivity index (χ2v) is 2.99. The molecule has 1 aromatic carbocycles. The quantitative estimate of drug-likeness (QED) is 0.572. The van der Waals surface area contributed by atoms with Crippen molar-refractivity contribution in [2.75, 3.05) is 7.11 Å². The molecule has 0 saturated carbocycles. The van der Waals surface area contributed by atoms with E-state index in [4.69, 9.17) is 10.6 Å². The molecular weight excluding hydrogens is 183 g/mol. The fraction of sp³-hybridized carbons (Fsp3) is 0.400. The Balaban J connectivity index is 3.07. The number of nitrogens with one attached hydrogen (secondary N) is 1. The lowest BCUT2D eigenvalue weighted by molar-refractivity contribution is 0.379. The number of ether oxygens (including phenoxy) is 1. The standard InChI is InChI=1S/C10H15FN2O/c1-3-8(13-12)7-5-4-6-9(14-2)10(7)11/h4-6,8,13H,3,12H2,1-2H3. The van der Waals surface area contributed by atoms with Gasteiger partial charge >= 0.3 is 0 Å². The van der Waals surface area contributed by atoms with Gasteiger partial charge in [-0.1, -0.05) is 19.1 Å². The highest BCUT2D eigenvalue weighted by Crippen LogP contribution is 2.25. The molecule has 4 heteroatoms. The van der Waals surface area contributed by atoms with Crippen LogP contribution in [0.5, 0.6) is 5.75 Å². The van der Waals surface area contributed by atoms with Gasteiger partial charge in [-0.2, -0.15) is 0 Å². The molecule has 78 valence electrons. The van der Waals surface area contributed by atoms with Crippen molar-refractivity contribution in [1.29, 1.82) is 0 Å². The molecule has 3 N–H and O–H groups in total. The Kier molecular flexibility index (Phi) is 3.85. The van der Waals surface area contributed by atoms with E-state index in [2.05, 4.69) is 5.43 Å². The van der Waals surface area contributed by atoms with E-state index in [-0.39, 0.29) is 17.6 Å². The summed E-state index contributed by atoms with van der Waals surface area (Å²) in [5.41, 5.74) is 3.10. The fourth-order valence-electron chi connectivity index (χ4n) is 1.38. The number of hydrogen-bond donors (Lipinski definition) is 2. The molecule has 0 spiro atoms. The highest BCUT2D eigenvalue weighted by Gasteiger charge is 2.15. The highest BCUT2D eigenvalue weighted by atomic mass is 19.1. The molecule has 0 fully saturated rings. The largest absolute Gasteiger partial charge is 0.494 e. The van der Waals surface area contributed by atoms with Gasteiger partial charge in [0.25, 0.3) is 0 Å². The molecule has 0 aromatic heterocycles. The number of rotatable bonds is 4. The van der Waals surface area contributed by atoms with Crippen molar-refractivity contribution in [2.45, 2.75) is 19.4 Å². The lowest BCUT2D eigenvalue weighted by Crippen LogP contribution is -2.28. The molecule has 0 radical (unpaired) electrons. The second-order valence-electron chi connectivity index (χ2n) is 2.99. The van der Waals surface area contributed by atoms with Crippen LogP contribution in [-0.4, -0.2) is 7.11 Å². The maximum Gasteiger partial charge on any atom is 0.169 e. The summed E-state index contributed by atoms with van der Waals surface area (Å²) in [4.78, 5) is 0. The Labute approximate surface area is 83.0 Å². The van der Waals surface area contributed by atoms with E-state index in [1.807, 2.05) is 6.92 Å². The maximum absolute atomic E-state index is 13.7. The Morgan fingerprint density at radius 1 is 1.57 bits per heavy atom. The normalized spacial score (nSPS) is 12.6. The van der Waals surface area contributed by atoms with E-state index < -0.39 is 0 Å². The molecule has 0 aliphatic rings. The molecule has 0 amide bonds. The van der Waals surface area contributed by atoms with Crippen molar-refractivity contribution in [3.8, 4) is 5.75 Å². The molecule has 0 heterocycles. The highest BCUT2D eigenvalue weighted by molar-refractivity contribution is 5.32. The number of halogens is 1. The molecule has 0 bridgehead atoms. The fourth-order valence-corrected chi connectivity index (χ4v) is 1.38. The first kappa shape index (κ1) is 10.9. The van der Waals surface area contributed by atoms with Gasteiger partial charge in [-0.3, -0.25) is 11.3 Å². The Bertz CT molecular complexity index is 300. The predicted molar refractivity (Wildman–Crippen MR) is 53.3 cm³/mol. The van der Waals surface area contributed by atoms with E-state index in [1.165, 1.54) is 7.11 Å². The minimum atomic E-state index is -0.347. The molecule has 1 unspecified atom stereocenters. The second kappa shape index (κ2) is 4.93. The van der Waals surface area contributed by atoms with Crippen LogP contribution in [-0.2, 0) is 0 Å². The van der Waals surface area contributed by atoms with Crippen LogP contribution in [0.1, 0.15) is 24.9 Å². The Morgan fingerprint density at radius 3 is 2.79 bits per heavy atom. The van der Waals surface area contributed by atoms with Gasteiger partial charge in [0.15, 0.2) is 11.6 Å². The SMILES string of the molecule is CCC(NN)c1cccc(OC)c1F. The van der Waals surface area contributed by atoms with Gasteiger partial charge in [0.05, 0.1) is 7.11 Å². The molecule has 0 aliphatic carbocycles. The lowest BCUT2D eigenvalue weighted by atomic mass is 10.0. The maximum atomic E-state index is 13.7. The molecule has 0 saturated heterocycles. The molecule has 1 atom stereocenters. The lowest BCUT2D eigenvalue weighted by Gasteiger charge is -2.15. The van der Waals surface area contributed by atoms with E-state index in [9.17, 15) is 4.39 Å². The van der Waals surface area contributed by atoms with E-state index >= 15 is 0 Å². The summed E-state index contributed by atoms with van der Waals surface area (Å²) in [5, 5.41) is 0. The Morgan fingerprint density at radius 2 is 2.29 bits per heavy atom. The molecule has 3 nitrogen and oxygen atoms in total. The van der Waals surface area contributed by atoms with Crippen LogP contribution in [0.3, 0.4) is 0 Å². The third kappa shape index (κ3) is 2.02. The van der Waals surface area contributed by atoms with Crippen LogP contribution in [0.4, 0.5) is 4.39 Å². The molecular formula is C10H15FN2O. The number of methoxy groups -OCH3 is 1. The van der Waals surface area contributed by atoms with Crippen LogP contribution in [0.2, 0.25) is 0 Å². The van der Waals surface area contributed by atoms with Crippen molar-refractivity contribution in [3.63, 3.8) is 0 Å². The van der Waals surface area contributed by atoms with Crippen LogP contribution in [0, 0.1) is 5.82 Å². The monoisotopic (exact) mass is 198 g/mol. The van der Waals surface area contributed by atoms with Crippen molar-refractivity contribution < 1.29 is 9.13 Å². The summed E-state index contributed by atoms with van der Waals surface area (Å²) in [6.07, 6.45) is 0.723.